The number of carbonyl (C=O) groups is 4. The van der Waals surface area contributed by atoms with Crippen molar-refractivity contribution >= 4 is 23.3 Å². The molecule has 0 heterocycles. The maximum absolute atomic E-state index is 13.8. The first-order valence-corrected chi connectivity index (χ1v) is 12.3. The molecule has 0 radical (unpaired) electrons. The molecule has 196 valence electrons. The number of aryl methyl sites for hydroxylation is 1. The minimum atomic E-state index is -2.64. The van der Waals surface area contributed by atoms with E-state index in [0.29, 0.717) is 18.4 Å². The van der Waals surface area contributed by atoms with Crippen LogP contribution in [0.3, 0.4) is 0 Å². The predicted octanol–water partition coefficient (Wildman–Crippen LogP) is -0.847. The van der Waals surface area contributed by atoms with E-state index in [9.17, 15) is 34.5 Å². The summed E-state index contributed by atoms with van der Waals surface area (Å²) < 4.78 is 0. The molecule has 1 aromatic carbocycles. The number of aliphatic hydroxyl groups is 2. The molecule has 0 spiro atoms. The molecule has 5 N–H and O–H groups in total. The van der Waals surface area contributed by atoms with Crippen LogP contribution in [0.4, 0.5) is 0 Å². The molecule has 0 saturated heterocycles. The Labute approximate surface area is 210 Å². The summed E-state index contributed by atoms with van der Waals surface area (Å²) in [6.07, 6.45) is 0.453. The van der Waals surface area contributed by atoms with Gasteiger partial charge in [0.15, 0.2) is 23.0 Å². The van der Waals surface area contributed by atoms with Crippen molar-refractivity contribution in [2.75, 3.05) is 34.7 Å². The minimum absolute atomic E-state index is 0.0629. The number of phenolic OH excluding ortho intramolecular Hbond substituents is 1. The van der Waals surface area contributed by atoms with E-state index in [-0.39, 0.29) is 17.7 Å². The van der Waals surface area contributed by atoms with Crippen molar-refractivity contribution in [1.29, 1.82) is 0 Å². The fraction of sp³-hybridized carbons (Fsp3) is 0.615. The van der Waals surface area contributed by atoms with Crippen LogP contribution in [0.5, 0.6) is 5.75 Å². The number of aliphatic hydroxyl groups excluding tert-OH is 1. The molecule has 10 heteroatoms. The van der Waals surface area contributed by atoms with Crippen LogP contribution in [-0.4, -0.2) is 101 Å². The molecule has 1 amide bonds. The Balaban J connectivity index is 1.79. The number of hydrogen-bond donors (Lipinski definition) is 4. The summed E-state index contributed by atoms with van der Waals surface area (Å²) in [5, 5.41) is 33.1. The van der Waals surface area contributed by atoms with Crippen LogP contribution in [0.1, 0.15) is 34.3 Å². The lowest BCUT2D eigenvalue weighted by Crippen LogP contribution is -2.75. The molecule has 10 nitrogen and oxygen atoms in total. The van der Waals surface area contributed by atoms with Crippen molar-refractivity contribution in [1.82, 2.24) is 9.80 Å². The first-order chi connectivity index (χ1) is 16.8. The van der Waals surface area contributed by atoms with Crippen molar-refractivity contribution < 1.29 is 34.5 Å². The molecule has 7 atom stereocenters. The average molecular weight is 502 g/mol. The standard InChI is InChI=1S/C26H35N3O7/c1-28(2)9-5-6-12-7-8-16(30)18-14(12)10-13-11-15-20(29(3)4)22(32)19(25(27)35)24(34)26(15,36)23(33)17(13)21(18)31/h7-8,13,15,17,19-20,22,30,32,36H,5-6,9-11H2,1-4H3,(H2,27,35)/t13-,15-,17?,19?,20-,22?,26-/m1/s1. The van der Waals surface area contributed by atoms with Gasteiger partial charge in [0.1, 0.15) is 11.7 Å². The summed E-state index contributed by atoms with van der Waals surface area (Å²) in [6.45, 7) is 0.842. The van der Waals surface area contributed by atoms with E-state index in [2.05, 4.69) is 4.90 Å². The number of primary amides is 1. The Morgan fingerprint density at radius 3 is 2.39 bits per heavy atom. The van der Waals surface area contributed by atoms with Crippen molar-refractivity contribution in [2.45, 2.75) is 43.4 Å². The maximum atomic E-state index is 13.8. The van der Waals surface area contributed by atoms with Gasteiger partial charge in [0.05, 0.1) is 17.6 Å². The number of likely N-dealkylation sites (N-methyl/N-ethyl adjacent to an activating group) is 1. The molecule has 36 heavy (non-hydrogen) atoms. The Morgan fingerprint density at radius 1 is 1.14 bits per heavy atom. The number of nitrogens with two attached hydrogens (primary N) is 1. The van der Waals surface area contributed by atoms with E-state index in [1.54, 1.807) is 25.1 Å². The van der Waals surface area contributed by atoms with E-state index >= 15 is 0 Å². The highest BCUT2D eigenvalue weighted by atomic mass is 16.3. The highest BCUT2D eigenvalue weighted by Crippen LogP contribution is 2.51. The first kappa shape index (κ1) is 26.4. The lowest BCUT2D eigenvalue weighted by molar-refractivity contribution is -0.190. The van der Waals surface area contributed by atoms with E-state index in [1.165, 1.54) is 6.07 Å². The summed E-state index contributed by atoms with van der Waals surface area (Å²) in [5.41, 5.74) is 4.43. The highest BCUT2D eigenvalue weighted by molar-refractivity contribution is 6.25. The molecule has 0 bridgehead atoms. The fourth-order valence-electron chi connectivity index (χ4n) is 6.71. The number of carbonyl (C=O) groups excluding carboxylic acids is 4. The van der Waals surface area contributed by atoms with Gasteiger partial charge < -0.3 is 30.9 Å². The van der Waals surface area contributed by atoms with Crippen LogP contribution in [-0.2, 0) is 27.2 Å². The van der Waals surface area contributed by atoms with Crippen molar-refractivity contribution in [3.8, 4) is 5.75 Å². The normalized spacial score (nSPS) is 33.9. The monoisotopic (exact) mass is 501 g/mol. The molecule has 3 aliphatic carbocycles. The third kappa shape index (κ3) is 3.87. The SMILES string of the molecule is CN(C)CCCc1ccc(O)c2c1C[C@@H]1C[C@@H]3[C@@H](N(C)C)C(O)C(C(N)=O)C(=O)[C@]3(O)C(=O)C1C2=O. The Bertz CT molecular complexity index is 1120. The zero-order chi connectivity index (χ0) is 26.7. The number of hydrogen-bond acceptors (Lipinski definition) is 9. The zero-order valence-corrected chi connectivity index (χ0v) is 21.1. The molecule has 4 rings (SSSR count). The molecule has 0 aliphatic heterocycles. The summed E-state index contributed by atoms with van der Waals surface area (Å²) in [4.78, 5) is 56.5. The summed E-state index contributed by atoms with van der Waals surface area (Å²) in [5.74, 6) is -8.80. The molecular formula is C26H35N3O7. The number of phenols is 1. The number of Topliss-reactive ketones (excluding diaryl/α,β-unsaturated/α-hetero) is 3. The molecule has 3 aliphatic rings. The molecule has 2 saturated carbocycles. The number of aromatic hydroxyl groups is 1. The van der Waals surface area contributed by atoms with Crippen LogP contribution >= 0.6 is 0 Å². The first-order valence-electron chi connectivity index (χ1n) is 12.3. The number of fused-ring (bicyclic) bond motifs is 3. The maximum Gasteiger partial charge on any atom is 0.230 e. The smallest absolute Gasteiger partial charge is 0.230 e. The fourth-order valence-corrected chi connectivity index (χ4v) is 6.71. The van der Waals surface area contributed by atoms with Gasteiger partial charge in [0.2, 0.25) is 5.91 Å². The summed E-state index contributed by atoms with van der Waals surface area (Å²) in [6, 6.07) is 2.34. The number of nitrogens with zero attached hydrogens (tertiary/aromatic N) is 2. The second kappa shape index (κ2) is 9.33. The molecule has 0 aromatic heterocycles. The molecule has 3 unspecified atom stereocenters. The largest absolute Gasteiger partial charge is 0.507 e. The average Bonchev–Trinajstić information content (AvgIpc) is 2.77. The van der Waals surface area contributed by atoms with Gasteiger partial charge in [-0.3, -0.25) is 19.2 Å². The molecule has 2 fully saturated rings. The van der Waals surface area contributed by atoms with Gasteiger partial charge in [-0.2, -0.15) is 0 Å². The number of ketones is 3. The van der Waals surface area contributed by atoms with Crippen LogP contribution < -0.4 is 5.73 Å². The number of benzene rings is 1. The van der Waals surface area contributed by atoms with Crippen LogP contribution in [0.15, 0.2) is 12.1 Å². The lowest BCUT2D eigenvalue weighted by Gasteiger charge is -2.54. The second-order valence-corrected chi connectivity index (χ2v) is 11.0. The van der Waals surface area contributed by atoms with E-state index in [0.717, 1.165) is 18.5 Å². The number of amides is 1. The van der Waals surface area contributed by atoms with Crippen LogP contribution in [0, 0.1) is 23.7 Å². The molecular weight excluding hydrogens is 466 g/mol. The second-order valence-electron chi connectivity index (χ2n) is 11.0. The van der Waals surface area contributed by atoms with Gasteiger partial charge in [-0.05, 0) is 83.5 Å². The summed E-state index contributed by atoms with van der Waals surface area (Å²) in [7, 11) is 7.19. The Hall–Kier alpha value is -2.66. The van der Waals surface area contributed by atoms with Crippen molar-refractivity contribution in [2.24, 2.45) is 29.4 Å². The van der Waals surface area contributed by atoms with Gasteiger partial charge in [0, 0.05) is 12.0 Å². The van der Waals surface area contributed by atoms with Crippen molar-refractivity contribution in [3.05, 3.63) is 28.8 Å². The Kier molecular flexibility index (Phi) is 6.85. The van der Waals surface area contributed by atoms with E-state index < -0.39 is 64.7 Å². The zero-order valence-electron chi connectivity index (χ0n) is 21.1. The highest BCUT2D eigenvalue weighted by Gasteiger charge is 2.69. The number of rotatable bonds is 6. The van der Waals surface area contributed by atoms with Crippen molar-refractivity contribution in [3.63, 3.8) is 0 Å². The van der Waals surface area contributed by atoms with Crippen LogP contribution in [0.2, 0.25) is 0 Å². The van der Waals surface area contributed by atoms with E-state index in [1.807, 2.05) is 14.1 Å². The molecule has 1 aromatic rings. The summed E-state index contributed by atoms with van der Waals surface area (Å²) >= 11 is 0. The van der Waals surface area contributed by atoms with E-state index in [4.69, 9.17) is 5.73 Å². The topological polar surface area (TPSA) is 161 Å². The third-order valence-electron chi connectivity index (χ3n) is 8.32. The van der Waals surface area contributed by atoms with Gasteiger partial charge >= 0.3 is 0 Å². The van der Waals surface area contributed by atoms with Gasteiger partial charge in [0.25, 0.3) is 0 Å². The third-order valence-corrected chi connectivity index (χ3v) is 8.32. The van der Waals surface area contributed by atoms with Gasteiger partial charge in [-0.15, -0.1) is 0 Å². The Morgan fingerprint density at radius 2 is 1.81 bits per heavy atom. The minimum Gasteiger partial charge on any atom is -0.507 e. The predicted molar refractivity (Wildman–Crippen MR) is 129 cm³/mol. The lowest BCUT2D eigenvalue weighted by atomic mass is 9.52. The quantitative estimate of drug-likeness (QED) is 0.364. The van der Waals surface area contributed by atoms with Crippen LogP contribution in [0.25, 0.3) is 0 Å². The van der Waals surface area contributed by atoms with Gasteiger partial charge in [-0.1, -0.05) is 6.07 Å². The van der Waals surface area contributed by atoms with Gasteiger partial charge in [-0.25, -0.2) is 0 Å².